The molecule has 0 heterocycles. The quantitative estimate of drug-likeness (QED) is 0.775. The fourth-order valence-corrected chi connectivity index (χ4v) is 2.26. The summed E-state index contributed by atoms with van der Waals surface area (Å²) in [5.41, 5.74) is -1.21. The molecule has 0 saturated heterocycles. The van der Waals surface area contributed by atoms with Gasteiger partial charge in [0, 0.05) is 5.02 Å². The van der Waals surface area contributed by atoms with Crippen LogP contribution >= 0.6 is 34.8 Å². The van der Waals surface area contributed by atoms with Crippen LogP contribution in [0.25, 0.3) is 0 Å². The zero-order valence-electron chi connectivity index (χ0n) is 10.8. The van der Waals surface area contributed by atoms with Crippen molar-refractivity contribution >= 4 is 52.5 Å². The fraction of sp³-hybridized carbons (Fsp3) is 0.333. The number of anilines is 1. The Morgan fingerprint density at radius 3 is 2.15 bits per heavy atom. The smallest absolute Gasteiger partial charge is 0.329 e. The van der Waals surface area contributed by atoms with E-state index in [-0.39, 0.29) is 22.2 Å². The molecule has 0 bridgehead atoms. The number of urea groups is 1. The highest BCUT2D eigenvalue weighted by Crippen LogP contribution is 2.33. The van der Waals surface area contributed by atoms with E-state index >= 15 is 0 Å². The minimum atomic E-state index is -1.38. The fourth-order valence-electron chi connectivity index (χ4n) is 1.35. The Balaban J connectivity index is 2.90. The van der Waals surface area contributed by atoms with Crippen molar-refractivity contribution in [2.45, 2.75) is 25.8 Å². The lowest BCUT2D eigenvalue weighted by Gasteiger charge is -2.25. The molecule has 1 atom stereocenters. The van der Waals surface area contributed by atoms with Crippen molar-refractivity contribution in [1.82, 2.24) is 5.32 Å². The highest BCUT2D eigenvalue weighted by Gasteiger charge is 2.33. The number of carboxylic acid groups (broad SMARTS) is 1. The predicted molar refractivity (Wildman–Crippen MR) is 80.0 cm³/mol. The number of nitrogens with one attached hydrogen (secondary N) is 2. The normalized spacial score (nSPS) is 13.4. The Bertz CT molecular complexity index is 528. The predicted octanol–water partition coefficient (Wildman–Crippen LogP) is 4.02. The number of carboxylic acids is 1. The van der Waals surface area contributed by atoms with Gasteiger partial charge in [0.15, 0.2) is 0 Å². The SMILES string of the molecule is CCC(C)(NC(=O)Nc1c(Cl)cc(Cl)cc1Cl)C(=O)O. The minimum Gasteiger partial charge on any atom is -0.480 e. The van der Waals surface area contributed by atoms with E-state index < -0.39 is 17.5 Å². The van der Waals surface area contributed by atoms with Crippen LogP contribution in [0.5, 0.6) is 0 Å². The van der Waals surface area contributed by atoms with Gasteiger partial charge in [-0.05, 0) is 25.5 Å². The van der Waals surface area contributed by atoms with E-state index in [0.717, 1.165) is 0 Å². The van der Waals surface area contributed by atoms with Crippen molar-refractivity contribution in [2.75, 3.05) is 5.32 Å². The molecule has 8 heteroatoms. The van der Waals surface area contributed by atoms with E-state index in [9.17, 15) is 9.59 Å². The van der Waals surface area contributed by atoms with Gasteiger partial charge in [-0.1, -0.05) is 41.7 Å². The van der Waals surface area contributed by atoms with Crippen molar-refractivity contribution in [3.63, 3.8) is 0 Å². The average molecular weight is 340 g/mol. The second-order valence-electron chi connectivity index (χ2n) is 4.31. The molecule has 0 spiro atoms. The summed E-state index contributed by atoms with van der Waals surface area (Å²) < 4.78 is 0. The largest absolute Gasteiger partial charge is 0.480 e. The average Bonchev–Trinajstić information content (AvgIpc) is 2.33. The maximum absolute atomic E-state index is 11.8. The first-order valence-electron chi connectivity index (χ1n) is 5.66. The molecular formula is C12H13Cl3N2O3. The van der Waals surface area contributed by atoms with Crippen LogP contribution in [0.1, 0.15) is 20.3 Å². The van der Waals surface area contributed by atoms with Gasteiger partial charge in [0.1, 0.15) is 5.54 Å². The summed E-state index contributed by atoms with van der Waals surface area (Å²) >= 11 is 17.6. The topological polar surface area (TPSA) is 78.4 Å². The number of hydrogen-bond donors (Lipinski definition) is 3. The molecular weight excluding hydrogens is 327 g/mol. The van der Waals surface area contributed by atoms with Gasteiger partial charge in [0.2, 0.25) is 0 Å². The van der Waals surface area contributed by atoms with Gasteiger partial charge in [-0.3, -0.25) is 0 Å². The molecule has 0 aromatic heterocycles. The number of halogens is 3. The second kappa shape index (κ2) is 6.52. The van der Waals surface area contributed by atoms with Crippen LogP contribution in [0.2, 0.25) is 15.1 Å². The Hall–Kier alpha value is -1.17. The molecule has 0 aliphatic rings. The first-order valence-corrected chi connectivity index (χ1v) is 6.80. The summed E-state index contributed by atoms with van der Waals surface area (Å²) in [4.78, 5) is 23.0. The monoisotopic (exact) mass is 338 g/mol. The third-order valence-electron chi connectivity index (χ3n) is 2.81. The Kier molecular flexibility index (Phi) is 5.50. The molecule has 2 amide bonds. The highest BCUT2D eigenvalue weighted by atomic mass is 35.5. The van der Waals surface area contributed by atoms with Crippen LogP contribution in [0, 0.1) is 0 Å². The zero-order valence-corrected chi connectivity index (χ0v) is 13.0. The van der Waals surface area contributed by atoms with Gasteiger partial charge in [-0.2, -0.15) is 0 Å². The van der Waals surface area contributed by atoms with Crippen LogP contribution in [0.15, 0.2) is 12.1 Å². The first-order chi connectivity index (χ1) is 9.19. The van der Waals surface area contributed by atoms with Crippen LogP contribution in [0.3, 0.4) is 0 Å². The van der Waals surface area contributed by atoms with E-state index in [2.05, 4.69) is 10.6 Å². The summed E-state index contributed by atoms with van der Waals surface area (Å²) in [5, 5.41) is 14.5. The molecule has 0 saturated carbocycles. The summed E-state index contributed by atoms with van der Waals surface area (Å²) in [6, 6.07) is 2.12. The van der Waals surface area contributed by atoms with Gasteiger partial charge in [0.05, 0.1) is 15.7 Å². The Morgan fingerprint density at radius 1 is 1.25 bits per heavy atom. The van der Waals surface area contributed by atoms with Crippen LogP contribution < -0.4 is 10.6 Å². The number of amides is 2. The molecule has 110 valence electrons. The summed E-state index contributed by atoms with van der Waals surface area (Å²) in [6.45, 7) is 3.05. The summed E-state index contributed by atoms with van der Waals surface area (Å²) in [6.07, 6.45) is 0.220. The summed E-state index contributed by atoms with van der Waals surface area (Å²) in [5.74, 6) is -1.14. The number of rotatable bonds is 4. The molecule has 0 radical (unpaired) electrons. The van der Waals surface area contributed by atoms with Gasteiger partial charge >= 0.3 is 12.0 Å². The Morgan fingerprint density at radius 2 is 1.75 bits per heavy atom. The number of hydrogen-bond acceptors (Lipinski definition) is 2. The maximum Gasteiger partial charge on any atom is 0.329 e. The van der Waals surface area contributed by atoms with Crippen LogP contribution in [0.4, 0.5) is 10.5 Å². The van der Waals surface area contributed by atoms with Gasteiger partial charge in [0.25, 0.3) is 0 Å². The number of carbonyl (C=O) groups is 2. The van der Waals surface area contributed by atoms with E-state index in [4.69, 9.17) is 39.9 Å². The van der Waals surface area contributed by atoms with Gasteiger partial charge in [-0.15, -0.1) is 0 Å². The molecule has 20 heavy (non-hydrogen) atoms. The molecule has 1 aromatic carbocycles. The summed E-state index contributed by atoms with van der Waals surface area (Å²) in [7, 11) is 0. The molecule has 3 N–H and O–H groups in total. The second-order valence-corrected chi connectivity index (χ2v) is 5.57. The van der Waals surface area contributed by atoms with Crippen molar-refractivity contribution in [3.8, 4) is 0 Å². The number of carbonyl (C=O) groups excluding carboxylic acids is 1. The van der Waals surface area contributed by atoms with Crippen molar-refractivity contribution in [1.29, 1.82) is 0 Å². The third-order valence-corrected chi connectivity index (χ3v) is 3.63. The number of aliphatic carboxylic acids is 1. The van der Waals surface area contributed by atoms with E-state index in [0.29, 0.717) is 5.02 Å². The van der Waals surface area contributed by atoms with E-state index in [1.807, 2.05) is 0 Å². The molecule has 1 unspecified atom stereocenters. The van der Waals surface area contributed by atoms with Crippen LogP contribution in [-0.4, -0.2) is 22.6 Å². The lowest BCUT2D eigenvalue weighted by molar-refractivity contribution is -0.143. The van der Waals surface area contributed by atoms with Crippen molar-refractivity contribution in [2.24, 2.45) is 0 Å². The molecule has 1 aromatic rings. The lowest BCUT2D eigenvalue weighted by Crippen LogP contribution is -2.53. The molecule has 0 aliphatic carbocycles. The zero-order chi connectivity index (χ0) is 15.5. The molecule has 5 nitrogen and oxygen atoms in total. The molecule has 1 rings (SSSR count). The van der Waals surface area contributed by atoms with E-state index in [1.165, 1.54) is 19.1 Å². The van der Waals surface area contributed by atoms with Crippen molar-refractivity contribution in [3.05, 3.63) is 27.2 Å². The minimum absolute atomic E-state index is 0.158. The first kappa shape index (κ1) is 16.9. The third kappa shape index (κ3) is 3.91. The van der Waals surface area contributed by atoms with Gasteiger partial charge in [-0.25, -0.2) is 9.59 Å². The van der Waals surface area contributed by atoms with Crippen molar-refractivity contribution < 1.29 is 14.7 Å². The maximum atomic E-state index is 11.8. The highest BCUT2D eigenvalue weighted by molar-refractivity contribution is 6.42. The molecule has 0 aliphatic heterocycles. The van der Waals surface area contributed by atoms with E-state index in [1.54, 1.807) is 6.92 Å². The standard InChI is InChI=1S/C12H13Cl3N2O3/c1-3-12(2,10(18)19)17-11(20)16-9-7(14)4-6(13)5-8(9)15/h4-5H,3H2,1-2H3,(H,18,19)(H2,16,17,20). The van der Waals surface area contributed by atoms with Gasteiger partial charge < -0.3 is 15.7 Å². The van der Waals surface area contributed by atoms with Crippen LogP contribution in [-0.2, 0) is 4.79 Å². The Labute approximate surface area is 131 Å². The molecule has 0 fully saturated rings. The lowest BCUT2D eigenvalue weighted by atomic mass is 10.00. The number of benzene rings is 1.